The van der Waals surface area contributed by atoms with E-state index >= 15 is 0 Å². The molecule has 6 aromatic rings. The van der Waals surface area contributed by atoms with E-state index in [1.807, 2.05) is 36.1 Å². The van der Waals surface area contributed by atoms with Crippen LogP contribution in [0.2, 0.25) is 0 Å². The van der Waals surface area contributed by atoms with Crippen molar-refractivity contribution in [2.75, 3.05) is 7.18 Å². The molecule has 3 aromatic heterocycles. The standard InChI is InChI=1S/C27H31N3O.C11H12N2.CH3F/c1-16-12-19(4)25(20(5)13-16)30-14-22(23-17(2)10-9-11-18(23)3)28-26(30)24-21(15-31-29-24)27(6,7)8;1-9-5-3-4-6-10(9)11-12-7-8-13(11)2;1-2/h9-15H,1-8H3;3-8H,1-2H3;1H3. The van der Waals surface area contributed by atoms with Crippen molar-refractivity contribution >= 4 is 0 Å². The Kier molecular flexibility index (Phi) is 10.5. The van der Waals surface area contributed by atoms with E-state index in [4.69, 9.17) is 9.51 Å². The Hall–Kier alpha value is -4.78. The third-order valence-electron chi connectivity index (χ3n) is 8.12. The molecule has 0 fully saturated rings. The molecule has 7 heteroatoms. The normalized spacial score (nSPS) is 11.0. The van der Waals surface area contributed by atoms with Crippen LogP contribution in [0.1, 0.15) is 59.7 Å². The third kappa shape index (κ3) is 7.04. The van der Waals surface area contributed by atoms with Crippen LogP contribution in [0.15, 0.2) is 84.0 Å². The molecule has 0 bridgehead atoms. The van der Waals surface area contributed by atoms with Gasteiger partial charge in [-0.3, -0.25) is 8.96 Å². The molecule has 0 saturated heterocycles. The van der Waals surface area contributed by atoms with Gasteiger partial charge in [0.15, 0.2) is 11.5 Å². The van der Waals surface area contributed by atoms with Crippen molar-refractivity contribution < 1.29 is 8.91 Å². The van der Waals surface area contributed by atoms with Crippen molar-refractivity contribution in [2.24, 2.45) is 7.05 Å². The lowest BCUT2D eigenvalue weighted by molar-refractivity contribution is 0.418. The molecule has 3 aromatic carbocycles. The van der Waals surface area contributed by atoms with Crippen molar-refractivity contribution in [3.63, 3.8) is 0 Å². The highest BCUT2D eigenvalue weighted by Crippen LogP contribution is 2.37. The van der Waals surface area contributed by atoms with Gasteiger partial charge >= 0.3 is 0 Å². The fourth-order valence-electron chi connectivity index (χ4n) is 5.99. The predicted molar refractivity (Wildman–Crippen MR) is 187 cm³/mol. The van der Waals surface area contributed by atoms with Gasteiger partial charge in [0.1, 0.15) is 12.1 Å². The molecule has 0 amide bonds. The summed E-state index contributed by atoms with van der Waals surface area (Å²) in [6, 6.07) is 19.1. The van der Waals surface area contributed by atoms with E-state index in [1.54, 1.807) is 6.26 Å². The molecule has 0 spiro atoms. The Morgan fingerprint density at radius 1 is 0.761 bits per heavy atom. The molecule has 6 nitrogen and oxygen atoms in total. The third-order valence-corrected chi connectivity index (χ3v) is 8.12. The number of benzene rings is 3. The Morgan fingerprint density at radius 3 is 1.93 bits per heavy atom. The predicted octanol–water partition coefficient (Wildman–Crippen LogP) is 10.0. The lowest BCUT2D eigenvalue weighted by Crippen LogP contribution is -2.12. The number of aryl methyl sites for hydroxylation is 7. The highest BCUT2D eigenvalue weighted by Gasteiger charge is 2.27. The SMILES string of the molecule is CF.Cc1cc(C)c(-n2cc(-c3c(C)cccc3C)nc2-c2nocc2C(C)(C)C)c(C)c1.Cc1ccccc1-c1nccn1C. The highest BCUT2D eigenvalue weighted by atomic mass is 19.1. The van der Waals surface area contributed by atoms with E-state index in [1.165, 1.54) is 44.5 Å². The Labute approximate surface area is 273 Å². The second kappa shape index (κ2) is 14.1. The number of aromatic nitrogens is 5. The van der Waals surface area contributed by atoms with Gasteiger partial charge in [-0.15, -0.1) is 0 Å². The van der Waals surface area contributed by atoms with Gasteiger partial charge in [-0.25, -0.2) is 9.97 Å². The Balaban J connectivity index is 0.000000266. The van der Waals surface area contributed by atoms with Crippen LogP contribution < -0.4 is 0 Å². The maximum Gasteiger partial charge on any atom is 0.167 e. The molecule has 0 saturated carbocycles. The van der Waals surface area contributed by atoms with E-state index in [2.05, 4.69) is 126 Å². The molecule has 0 aliphatic rings. The van der Waals surface area contributed by atoms with Crippen molar-refractivity contribution in [1.29, 1.82) is 0 Å². The van der Waals surface area contributed by atoms with Crippen molar-refractivity contribution in [3.8, 4) is 39.9 Å². The van der Waals surface area contributed by atoms with Crippen LogP contribution in [-0.2, 0) is 12.5 Å². The van der Waals surface area contributed by atoms with Gasteiger partial charge in [0.25, 0.3) is 0 Å². The molecule has 6 rings (SSSR count). The molecular weight excluding hydrogens is 573 g/mol. The summed E-state index contributed by atoms with van der Waals surface area (Å²) in [5.74, 6) is 1.84. The summed E-state index contributed by atoms with van der Waals surface area (Å²) in [6.07, 6.45) is 7.68. The maximum absolute atomic E-state index is 9.50. The first-order valence-electron chi connectivity index (χ1n) is 15.5. The first kappa shape index (κ1) is 34.1. The monoisotopic (exact) mass is 619 g/mol. The lowest BCUT2D eigenvalue weighted by atomic mass is 9.87. The minimum Gasteiger partial charge on any atom is -0.364 e. The van der Waals surface area contributed by atoms with Crippen molar-refractivity contribution in [3.05, 3.63) is 118 Å². The average Bonchev–Trinajstić information content (AvgIpc) is 3.74. The zero-order chi connectivity index (χ0) is 33.8. The largest absolute Gasteiger partial charge is 0.364 e. The van der Waals surface area contributed by atoms with Gasteiger partial charge < -0.3 is 9.09 Å². The van der Waals surface area contributed by atoms with Gasteiger partial charge in [0, 0.05) is 42.3 Å². The Bertz CT molecular complexity index is 1890. The topological polar surface area (TPSA) is 61.7 Å². The minimum absolute atomic E-state index is 0.109. The van der Waals surface area contributed by atoms with E-state index in [0.717, 1.165) is 34.3 Å². The van der Waals surface area contributed by atoms with Crippen LogP contribution in [0.25, 0.3) is 39.9 Å². The second-order valence-electron chi connectivity index (χ2n) is 12.8. The summed E-state index contributed by atoms with van der Waals surface area (Å²) in [5, 5.41) is 4.41. The number of nitrogens with zero attached hydrogens (tertiary/aromatic N) is 5. The minimum atomic E-state index is -0.109. The molecule has 0 radical (unpaired) electrons. The van der Waals surface area contributed by atoms with Gasteiger partial charge in [-0.05, 0) is 74.8 Å². The molecule has 0 aliphatic heterocycles. The number of hydrogen-bond acceptors (Lipinski definition) is 4. The first-order chi connectivity index (χ1) is 21.9. The summed E-state index contributed by atoms with van der Waals surface area (Å²) < 4.78 is 19.2. The van der Waals surface area contributed by atoms with Crippen LogP contribution in [0.4, 0.5) is 4.39 Å². The fraction of sp³-hybridized carbons (Fsp3) is 0.308. The van der Waals surface area contributed by atoms with E-state index < -0.39 is 0 Å². The van der Waals surface area contributed by atoms with E-state index in [0.29, 0.717) is 7.18 Å². The first-order valence-corrected chi connectivity index (χ1v) is 15.5. The molecule has 0 aliphatic carbocycles. The molecule has 0 atom stereocenters. The Morgan fingerprint density at radius 2 is 1.37 bits per heavy atom. The number of halogens is 1. The molecule has 0 N–H and O–H groups in total. The molecule has 3 heterocycles. The summed E-state index contributed by atoms with van der Waals surface area (Å²) in [6.45, 7) is 19.3. The van der Waals surface area contributed by atoms with E-state index in [9.17, 15) is 4.39 Å². The fourth-order valence-corrected chi connectivity index (χ4v) is 5.99. The van der Waals surface area contributed by atoms with Crippen molar-refractivity contribution in [2.45, 2.75) is 67.7 Å². The van der Waals surface area contributed by atoms with Crippen molar-refractivity contribution in [1.82, 2.24) is 24.3 Å². The smallest absolute Gasteiger partial charge is 0.167 e. The van der Waals surface area contributed by atoms with Crippen LogP contribution in [0.5, 0.6) is 0 Å². The maximum atomic E-state index is 9.50. The van der Waals surface area contributed by atoms with Crippen LogP contribution in [0.3, 0.4) is 0 Å². The lowest BCUT2D eigenvalue weighted by Gasteiger charge is -2.18. The quantitative estimate of drug-likeness (QED) is 0.197. The van der Waals surface area contributed by atoms with Crippen LogP contribution in [0, 0.1) is 41.5 Å². The van der Waals surface area contributed by atoms with Gasteiger partial charge in [-0.1, -0.05) is 86.1 Å². The summed E-state index contributed by atoms with van der Waals surface area (Å²) in [4.78, 5) is 9.45. The van der Waals surface area contributed by atoms with Gasteiger partial charge in [-0.2, -0.15) is 0 Å². The number of rotatable bonds is 4. The second-order valence-corrected chi connectivity index (χ2v) is 12.8. The molecular formula is C39H46FN5O. The average molecular weight is 620 g/mol. The van der Waals surface area contributed by atoms with E-state index in [-0.39, 0.29) is 5.41 Å². The van der Waals surface area contributed by atoms with Crippen LogP contribution in [-0.4, -0.2) is 31.4 Å². The number of alkyl halides is 1. The summed E-state index contributed by atoms with van der Waals surface area (Å²) >= 11 is 0. The number of imidazole rings is 2. The highest BCUT2D eigenvalue weighted by molar-refractivity contribution is 5.72. The number of hydrogen-bond donors (Lipinski definition) is 0. The van der Waals surface area contributed by atoms with Gasteiger partial charge in [0.2, 0.25) is 0 Å². The zero-order valence-corrected chi connectivity index (χ0v) is 29.0. The van der Waals surface area contributed by atoms with Crippen LogP contribution >= 0.6 is 0 Å². The molecule has 0 unspecified atom stereocenters. The summed E-state index contributed by atoms with van der Waals surface area (Å²) in [5.41, 5.74) is 13.6. The van der Waals surface area contributed by atoms with Gasteiger partial charge in [0.05, 0.1) is 18.6 Å². The zero-order valence-electron chi connectivity index (χ0n) is 29.0. The molecule has 240 valence electrons. The summed E-state index contributed by atoms with van der Waals surface area (Å²) in [7, 11) is 2.51. The molecule has 46 heavy (non-hydrogen) atoms.